The molecule has 0 aromatic carbocycles. The Morgan fingerprint density at radius 2 is 2.20 bits per heavy atom. The second kappa shape index (κ2) is 5.52. The molecule has 1 atom stereocenters. The van der Waals surface area contributed by atoms with Crippen molar-refractivity contribution < 1.29 is 23.1 Å². The van der Waals surface area contributed by atoms with Gasteiger partial charge in [0.05, 0.1) is 12.8 Å². The summed E-state index contributed by atoms with van der Waals surface area (Å²) in [6, 6.07) is 3.27. The summed E-state index contributed by atoms with van der Waals surface area (Å²) in [7, 11) is 0. The average Bonchev–Trinajstić information content (AvgIpc) is 2.90. The Balaban J connectivity index is 1.84. The van der Waals surface area contributed by atoms with Crippen LogP contribution in [0.3, 0.4) is 0 Å². The van der Waals surface area contributed by atoms with Crippen molar-refractivity contribution in [3.05, 3.63) is 24.2 Å². The summed E-state index contributed by atoms with van der Waals surface area (Å²) in [4.78, 5) is 11.9. The maximum atomic E-state index is 13.0. The first-order valence-electron chi connectivity index (χ1n) is 6.72. The van der Waals surface area contributed by atoms with Gasteiger partial charge < -0.3 is 14.8 Å². The Morgan fingerprint density at radius 3 is 2.75 bits per heavy atom. The molecule has 1 saturated carbocycles. The second-order valence-electron chi connectivity index (χ2n) is 5.60. The molecular formula is C14H19F2NO3. The summed E-state index contributed by atoms with van der Waals surface area (Å²) in [5.41, 5.74) is -1.31. The summed E-state index contributed by atoms with van der Waals surface area (Å²) in [5.74, 6) is -2.97. The molecule has 0 spiro atoms. The molecule has 0 saturated heterocycles. The number of nitrogens with one attached hydrogen (secondary N) is 1. The molecule has 0 bridgehead atoms. The molecule has 20 heavy (non-hydrogen) atoms. The Morgan fingerprint density at radius 1 is 1.55 bits per heavy atom. The molecule has 2 N–H and O–H groups in total. The summed E-state index contributed by atoms with van der Waals surface area (Å²) in [6.07, 6.45) is 1.30. The monoisotopic (exact) mass is 287 g/mol. The zero-order valence-electron chi connectivity index (χ0n) is 11.4. The van der Waals surface area contributed by atoms with Crippen LogP contribution in [0.5, 0.6) is 0 Å². The highest BCUT2D eigenvalue weighted by atomic mass is 19.3. The number of furan rings is 1. The number of halogens is 2. The van der Waals surface area contributed by atoms with E-state index in [1.165, 1.54) is 13.2 Å². The maximum absolute atomic E-state index is 13.0. The topological polar surface area (TPSA) is 62.5 Å². The molecule has 1 aliphatic rings. The molecule has 0 aliphatic heterocycles. The van der Waals surface area contributed by atoms with Crippen molar-refractivity contribution in [3.63, 3.8) is 0 Å². The number of carbonyl (C=O) groups is 1. The van der Waals surface area contributed by atoms with Gasteiger partial charge in [-0.15, -0.1) is 0 Å². The molecule has 1 aliphatic carbocycles. The van der Waals surface area contributed by atoms with Crippen LogP contribution in [0.1, 0.15) is 38.4 Å². The van der Waals surface area contributed by atoms with Gasteiger partial charge in [0, 0.05) is 18.8 Å². The Kier molecular flexibility index (Phi) is 4.13. The quantitative estimate of drug-likeness (QED) is 0.894. The lowest BCUT2D eigenvalue weighted by molar-refractivity contribution is -0.130. The van der Waals surface area contributed by atoms with Gasteiger partial charge in [-0.2, -0.15) is 0 Å². The van der Waals surface area contributed by atoms with Crippen LogP contribution in [-0.4, -0.2) is 23.5 Å². The third-order valence-corrected chi connectivity index (χ3v) is 3.75. The summed E-state index contributed by atoms with van der Waals surface area (Å²) >= 11 is 0. The van der Waals surface area contributed by atoms with Gasteiger partial charge in [0.2, 0.25) is 11.8 Å². The first kappa shape index (κ1) is 15.0. The highest BCUT2D eigenvalue weighted by molar-refractivity contribution is 5.78. The molecule has 2 rings (SSSR count). The standard InChI is InChI=1S/C14H19F2NO3/c1-13(19,11-3-2-8-20-11)9-17-12(18)10-4-6-14(15,16)7-5-10/h2-3,8,10,19H,4-7,9H2,1H3,(H,17,18). The third kappa shape index (κ3) is 3.56. The molecular weight excluding hydrogens is 268 g/mol. The van der Waals surface area contributed by atoms with Crippen LogP contribution in [0.2, 0.25) is 0 Å². The smallest absolute Gasteiger partial charge is 0.248 e. The fourth-order valence-electron chi connectivity index (χ4n) is 2.38. The van der Waals surface area contributed by atoms with Crippen molar-refractivity contribution in [1.82, 2.24) is 5.32 Å². The molecule has 1 aromatic heterocycles. The molecule has 1 amide bonds. The SMILES string of the molecule is CC(O)(CNC(=O)C1CCC(F)(F)CC1)c1ccco1. The van der Waals surface area contributed by atoms with E-state index in [0.29, 0.717) is 5.76 Å². The molecule has 0 radical (unpaired) electrons. The van der Waals surface area contributed by atoms with Crippen LogP contribution in [0, 0.1) is 5.92 Å². The molecule has 1 fully saturated rings. The zero-order valence-corrected chi connectivity index (χ0v) is 11.4. The van der Waals surface area contributed by atoms with Crippen molar-refractivity contribution in [1.29, 1.82) is 0 Å². The Bertz CT molecular complexity index is 447. The minimum atomic E-state index is -2.64. The highest BCUT2D eigenvalue weighted by Crippen LogP contribution is 2.36. The maximum Gasteiger partial charge on any atom is 0.248 e. The van der Waals surface area contributed by atoms with Crippen LogP contribution in [0.15, 0.2) is 22.8 Å². The lowest BCUT2D eigenvalue weighted by Gasteiger charge is -2.28. The molecule has 1 heterocycles. The molecule has 112 valence electrons. The Hall–Kier alpha value is -1.43. The van der Waals surface area contributed by atoms with E-state index in [1.54, 1.807) is 12.1 Å². The Labute approximate surface area is 116 Å². The van der Waals surface area contributed by atoms with E-state index in [0.717, 1.165) is 0 Å². The van der Waals surface area contributed by atoms with Crippen molar-refractivity contribution >= 4 is 5.91 Å². The van der Waals surface area contributed by atoms with Crippen LogP contribution < -0.4 is 5.32 Å². The predicted octanol–water partition coefficient (Wildman–Crippen LogP) is 2.43. The van der Waals surface area contributed by atoms with Gasteiger partial charge in [0.1, 0.15) is 11.4 Å². The van der Waals surface area contributed by atoms with Crippen LogP contribution in [-0.2, 0) is 10.4 Å². The number of aliphatic hydroxyl groups is 1. The number of amides is 1. The van der Waals surface area contributed by atoms with Crippen LogP contribution >= 0.6 is 0 Å². The predicted molar refractivity (Wildman–Crippen MR) is 68.2 cm³/mol. The lowest BCUT2D eigenvalue weighted by Crippen LogP contribution is -2.42. The van der Waals surface area contributed by atoms with Gasteiger partial charge in [-0.05, 0) is 31.9 Å². The second-order valence-corrected chi connectivity index (χ2v) is 5.60. The number of rotatable bonds is 4. The minimum Gasteiger partial charge on any atom is -0.466 e. The molecule has 6 heteroatoms. The molecule has 4 nitrogen and oxygen atoms in total. The van der Waals surface area contributed by atoms with E-state index < -0.39 is 17.4 Å². The zero-order chi connectivity index (χ0) is 14.8. The van der Waals surface area contributed by atoms with Gasteiger partial charge in [-0.25, -0.2) is 8.78 Å². The van der Waals surface area contributed by atoms with E-state index in [-0.39, 0.29) is 38.1 Å². The van der Waals surface area contributed by atoms with Crippen molar-refractivity contribution in [3.8, 4) is 0 Å². The number of carbonyl (C=O) groups excluding carboxylic acids is 1. The van der Waals surface area contributed by atoms with Crippen molar-refractivity contribution in [2.24, 2.45) is 5.92 Å². The average molecular weight is 287 g/mol. The van der Waals surface area contributed by atoms with Crippen LogP contribution in [0.4, 0.5) is 8.78 Å². The van der Waals surface area contributed by atoms with Crippen molar-refractivity contribution in [2.75, 3.05) is 6.54 Å². The first-order chi connectivity index (χ1) is 9.30. The van der Waals surface area contributed by atoms with Gasteiger partial charge in [-0.1, -0.05) is 0 Å². The van der Waals surface area contributed by atoms with Crippen molar-refractivity contribution in [2.45, 2.75) is 44.1 Å². The summed E-state index contributed by atoms with van der Waals surface area (Å²) in [6.45, 7) is 1.52. The number of alkyl halides is 2. The summed E-state index contributed by atoms with van der Waals surface area (Å²) in [5, 5.41) is 12.8. The van der Waals surface area contributed by atoms with E-state index in [1.807, 2.05) is 0 Å². The number of hydrogen-bond donors (Lipinski definition) is 2. The van der Waals surface area contributed by atoms with E-state index in [9.17, 15) is 18.7 Å². The largest absolute Gasteiger partial charge is 0.466 e. The van der Waals surface area contributed by atoms with E-state index >= 15 is 0 Å². The number of hydrogen-bond acceptors (Lipinski definition) is 3. The fraction of sp³-hybridized carbons (Fsp3) is 0.643. The van der Waals surface area contributed by atoms with Gasteiger partial charge >= 0.3 is 0 Å². The first-order valence-corrected chi connectivity index (χ1v) is 6.72. The molecule has 1 aromatic rings. The minimum absolute atomic E-state index is 0.00770. The van der Waals surface area contributed by atoms with E-state index in [4.69, 9.17) is 4.42 Å². The highest BCUT2D eigenvalue weighted by Gasteiger charge is 2.38. The molecule has 1 unspecified atom stereocenters. The fourth-order valence-corrected chi connectivity index (χ4v) is 2.38. The summed E-state index contributed by atoms with van der Waals surface area (Å²) < 4.78 is 31.1. The third-order valence-electron chi connectivity index (χ3n) is 3.75. The van der Waals surface area contributed by atoms with E-state index in [2.05, 4.69) is 5.32 Å². The van der Waals surface area contributed by atoms with Crippen LogP contribution in [0.25, 0.3) is 0 Å². The normalized spacial score (nSPS) is 22.2. The van der Waals surface area contributed by atoms with Gasteiger partial charge in [0.25, 0.3) is 0 Å². The van der Waals surface area contributed by atoms with Gasteiger partial charge in [-0.3, -0.25) is 4.79 Å². The lowest BCUT2D eigenvalue weighted by atomic mass is 9.86. The van der Waals surface area contributed by atoms with Gasteiger partial charge in [0.15, 0.2) is 0 Å².